The van der Waals surface area contributed by atoms with Crippen LogP contribution >= 0.6 is 0 Å². The summed E-state index contributed by atoms with van der Waals surface area (Å²) in [5.74, 6) is 14.0. The minimum Gasteiger partial charge on any atom is -0.357 e. The minimum absolute atomic E-state index is 0.132. The van der Waals surface area contributed by atoms with E-state index >= 15 is 0 Å². The molecule has 0 aliphatic rings. The van der Waals surface area contributed by atoms with E-state index in [9.17, 15) is 14.4 Å². The largest absolute Gasteiger partial charge is 0.430 e. The van der Waals surface area contributed by atoms with Crippen molar-refractivity contribution in [3.05, 3.63) is 18.2 Å². The van der Waals surface area contributed by atoms with E-state index in [0.29, 0.717) is 0 Å². The molecule has 0 bridgehead atoms. The van der Waals surface area contributed by atoms with Crippen LogP contribution in [-0.4, -0.2) is 18.3 Å². The van der Waals surface area contributed by atoms with E-state index in [2.05, 4.69) is 48.2 Å². The van der Waals surface area contributed by atoms with Gasteiger partial charge in [0.05, 0.1) is 0 Å². The molecule has 0 saturated heterocycles. The number of carbonyl (C=O) groups is 3. The molecule has 1 rings (SSSR count). The Balaban J connectivity index is 3.03. The molecule has 0 spiro atoms. The Hall–Kier alpha value is -3.09. The minimum atomic E-state index is -0.971. The molecule has 9 N–H and O–H groups in total. The van der Waals surface area contributed by atoms with Crippen LogP contribution in [0, 0.1) is 0 Å². The quantitative estimate of drug-likeness (QED) is 0.415. The number of carbonyl (C=O) groups excluding carboxylic acids is 3. The molecule has 0 radical (unpaired) electrons. The topological polar surface area (TPSA) is 193 Å². The molecule has 12 nitrogen and oxygen atoms in total. The van der Waals surface area contributed by atoms with Crippen molar-refractivity contribution in [3.8, 4) is 0 Å². The standard InChI is InChI=1S/C9H12N6O6/c10-19-7(16)13-4-1-5(14-8(17)20-11)3-6(2-4)15-9(18)21-12/h1-3H,10-12H2,(H,13,16)(H,14,17)(H,15,18). The van der Waals surface area contributed by atoms with Crippen LogP contribution in [0.3, 0.4) is 0 Å². The first kappa shape index (κ1) is 16.0. The van der Waals surface area contributed by atoms with Gasteiger partial charge in [0.2, 0.25) is 0 Å². The van der Waals surface area contributed by atoms with Crippen molar-refractivity contribution in [2.24, 2.45) is 17.7 Å². The summed E-state index contributed by atoms with van der Waals surface area (Å²) in [6.07, 6.45) is -2.91. The van der Waals surface area contributed by atoms with Crippen LogP contribution in [0.5, 0.6) is 0 Å². The Morgan fingerprint density at radius 3 is 1.10 bits per heavy atom. The van der Waals surface area contributed by atoms with Gasteiger partial charge in [0.1, 0.15) is 0 Å². The second-order valence-electron chi connectivity index (χ2n) is 3.39. The Morgan fingerprint density at radius 2 is 0.905 bits per heavy atom. The van der Waals surface area contributed by atoms with E-state index < -0.39 is 18.3 Å². The van der Waals surface area contributed by atoms with Crippen molar-refractivity contribution in [1.82, 2.24) is 0 Å². The summed E-state index contributed by atoms with van der Waals surface area (Å²) in [6.45, 7) is 0. The Labute approximate surface area is 117 Å². The van der Waals surface area contributed by atoms with Crippen molar-refractivity contribution in [1.29, 1.82) is 0 Å². The number of nitrogens with one attached hydrogen (secondary N) is 3. The summed E-state index contributed by atoms with van der Waals surface area (Å²) in [6, 6.07) is 3.94. The molecular formula is C9H12N6O6. The summed E-state index contributed by atoms with van der Waals surface area (Å²) >= 11 is 0. The number of amides is 3. The van der Waals surface area contributed by atoms with E-state index in [4.69, 9.17) is 0 Å². The van der Waals surface area contributed by atoms with Gasteiger partial charge in [-0.25, -0.2) is 14.4 Å². The molecule has 1 aromatic rings. The normalized spacial score (nSPS) is 9.29. The lowest BCUT2D eigenvalue weighted by Crippen LogP contribution is -2.20. The SMILES string of the molecule is NOC(=O)Nc1cc(NC(=O)ON)cc(NC(=O)ON)c1. The highest BCUT2D eigenvalue weighted by Crippen LogP contribution is 2.23. The maximum absolute atomic E-state index is 11.0. The van der Waals surface area contributed by atoms with Crippen molar-refractivity contribution in [2.45, 2.75) is 0 Å². The highest BCUT2D eigenvalue weighted by atomic mass is 16.7. The highest BCUT2D eigenvalue weighted by molar-refractivity contribution is 5.93. The first-order chi connectivity index (χ1) is 9.98. The zero-order valence-corrected chi connectivity index (χ0v) is 10.4. The zero-order chi connectivity index (χ0) is 15.8. The highest BCUT2D eigenvalue weighted by Gasteiger charge is 2.10. The maximum atomic E-state index is 11.0. The molecule has 21 heavy (non-hydrogen) atoms. The molecule has 12 heteroatoms. The smallest absolute Gasteiger partial charge is 0.357 e. The Kier molecular flexibility index (Phi) is 5.69. The fraction of sp³-hybridized carbons (Fsp3) is 0. The van der Waals surface area contributed by atoms with E-state index in [1.807, 2.05) is 0 Å². The van der Waals surface area contributed by atoms with Crippen LogP contribution in [0.1, 0.15) is 0 Å². The second kappa shape index (κ2) is 7.49. The number of rotatable bonds is 3. The predicted octanol–water partition coefficient (Wildman–Crippen LogP) is -0.0468. The van der Waals surface area contributed by atoms with Crippen LogP contribution in [0.25, 0.3) is 0 Å². The fourth-order valence-corrected chi connectivity index (χ4v) is 1.29. The molecule has 1 aromatic carbocycles. The predicted molar refractivity (Wildman–Crippen MR) is 69.3 cm³/mol. The summed E-state index contributed by atoms with van der Waals surface area (Å²) in [7, 11) is 0. The van der Waals surface area contributed by atoms with Crippen molar-refractivity contribution < 1.29 is 28.9 Å². The average molecular weight is 300 g/mol. The van der Waals surface area contributed by atoms with E-state index in [-0.39, 0.29) is 17.1 Å². The van der Waals surface area contributed by atoms with Crippen LogP contribution in [0.4, 0.5) is 31.4 Å². The first-order valence-corrected chi connectivity index (χ1v) is 5.16. The molecule has 0 aliphatic carbocycles. The lowest BCUT2D eigenvalue weighted by atomic mass is 10.2. The van der Waals surface area contributed by atoms with Crippen LogP contribution in [-0.2, 0) is 14.5 Å². The van der Waals surface area contributed by atoms with Gasteiger partial charge < -0.3 is 14.5 Å². The molecule has 0 aliphatic heterocycles. The van der Waals surface area contributed by atoms with Gasteiger partial charge in [-0.2, -0.15) is 17.7 Å². The third-order valence-electron chi connectivity index (χ3n) is 1.99. The number of hydrogen-bond acceptors (Lipinski definition) is 9. The van der Waals surface area contributed by atoms with Gasteiger partial charge in [-0.15, -0.1) is 0 Å². The maximum Gasteiger partial charge on any atom is 0.430 e. The van der Waals surface area contributed by atoms with Crippen molar-refractivity contribution in [2.75, 3.05) is 16.0 Å². The first-order valence-electron chi connectivity index (χ1n) is 5.16. The van der Waals surface area contributed by atoms with Gasteiger partial charge in [-0.05, 0) is 18.2 Å². The number of hydrogen-bond donors (Lipinski definition) is 6. The molecular weight excluding hydrogens is 288 g/mol. The van der Waals surface area contributed by atoms with Crippen molar-refractivity contribution >= 4 is 35.3 Å². The van der Waals surface area contributed by atoms with E-state index in [1.165, 1.54) is 18.2 Å². The van der Waals surface area contributed by atoms with Gasteiger partial charge in [0.25, 0.3) is 0 Å². The van der Waals surface area contributed by atoms with Gasteiger partial charge in [0.15, 0.2) is 0 Å². The van der Waals surface area contributed by atoms with Crippen LogP contribution < -0.4 is 33.6 Å². The van der Waals surface area contributed by atoms with Gasteiger partial charge in [-0.3, -0.25) is 16.0 Å². The monoisotopic (exact) mass is 300 g/mol. The second-order valence-corrected chi connectivity index (χ2v) is 3.39. The molecule has 0 unspecified atom stereocenters. The molecule has 0 atom stereocenters. The van der Waals surface area contributed by atoms with Gasteiger partial charge >= 0.3 is 18.3 Å². The molecule has 0 heterocycles. The van der Waals surface area contributed by atoms with Crippen molar-refractivity contribution in [3.63, 3.8) is 0 Å². The summed E-state index contributed by atoms with van der Waals surface area (Å²) in [5, 5.41) is 6.67. The third kappa shape index (κ3) is 5.19. The lowest BCUT2D eigenvalue weighted by Gasteiger charge is -2.11. The number of anilines is 3. The van der Waals surface area contributed by atoms with Gasteiger partial charge in [0, 0.05) is 17.1 Å². The summed E-state index contributed by atoms with van der Waals surface area (Å²) in [5.41, 5.74) is 0.396. The molecule has 0 aromatic heterocycles. The van der Waals surface area contributed by atoms with Crippen LogP contribution in [0.2, 0.25) is 0 Å². The fourth-order valence-electron chi connectivity index (χ4n) is 1.29. The summed E-state index contributed by atoms with van der Waals surface area (Å²) in [4.78, 5) is 44.9. The Bertz CT molecular complexity index is 461. The summed E-state index contributed by atoms with van der Waals surface area (Å²) < 4.78 is 0. The number of benzene rings is 1. The van der Waals surface area contributed by atoms with Gasteiger partial charge in [-0.1, -0.05) is 0 Å². The third-order valence-corrected chi connectivity index (χ3v) is 1.99. The van der Waals surface area contributed by atoms with E-state index in [0.717, 1.165) is 0 Å². The molecule has 0 saturated carbocycles. The van der Waals surface area contributed by atoms with Crippen LogP contribution in [0.15, 0.2) is 18.2 Å². The molecule has 114 valence electrons. The average Bonchev–Trinajstić information content (AvgIpc) is 2.46. The Morgan fingerprint density at radius 1 is 0.667 bits per heavy atom. The molecule has 3 amide bonds. The molecule has 0 fully saturated rings. The zero-order valence-electron chi connectivity index (χ0n) is 10.4. The van der Waals surface area contributed by atoms with E-state index in [1.54, 1.807) is 0 Å². The number of nitrogens with two attached hydrogens (primary N) is 3. The lowest BCUT2D eigenvalue weighted by molar-refractivity contribution is 0.163.